The van der Waals surface area contributed by atoms with Gasteiger partial charge in [-0.25, -0.2) is 24.7 Å². The maximum atomic E-state index is 12.9. The molecule has 8 rings (SSSR count). The molecule has 8 bridgehead atoms. The van der Waals surface area contributed by atoms with Crippen LogP contribution in [0.1, 0.15) is 80.2 Å². The Balaban J connectivity index is 0.000000202. The summed E-state index contributed by atoms with van der Waals surface area (Å²) in [5, 5.41) is 28.9. The highest BCUT2D eigenvalue weighted by Gasteiger charge is 2.19. The van der Waals surface area contributed by atoms with Crippen LogP contribution in [0.2, 0.25) is 0 Å². The zero-order valence-corrected chi connectivity index (χ0v) is 36.4. The normalized spacial score (nSPS) is 14.0. The van der Waals surface area contributed by atoms with E-state index in [1.807, 2.05) is 24.3 Å². The van der Waals surface area contributed by atoms with Gasteiger partial charge in [-0.3, -0.25) is 14.4 Å². The molecule has 0 fully saturated rings. The Labute approximate surface area is 371 Å². The lowest BCUT2D eigenvalue weighted by Gasteiger charge is -2.13. The van der Waals surface area contributed by atoms with Crippen LogP contribution in [0.25, 0.3) is 21.1 Å². The van der Waals surface area contributed by atoms with Gasteiger partial charge in [-0.15, -0.1) is 22.7 Å². The summed E-state index contributed by atoms with van der Waals surface area (Å²) in [6.45, 7) is 2.57. The minimum Gasteiger partial charge on any atom is -0.491 e. The van der Waals surface area contributed by atoms with Crippen molar-refractivity contribution >= 4 is 69.4 Å². The highest BCUT2D eigenvalue weighted by Crippen LogP contribution is 2.31. The van der Waals surface area contributed by atoms with E-state index in [-0.39, 0.29) is 23.1 Å². The summed E-state index contributed by atoms with van der Waals surface area (Å²) >= 11 is 2.74. The molecule has 0 unspecified atom stereocenters. The third-order valence-corrected chi connectivity index (χ3v) is 11.2. The summed E-state index contributed by atoms with van der Waals surface area (Å²) < 4.78 is 11.7. The second-order valence-electron chi connectivity index (χ2n) is 13.8. The molecule has 0 saturated carbocycles. The van der Waals surface area contributed by atoms with Crippen LogP contribution in [-0.4, -0.2) is 89.1 Å². The first-order chi connectivity index (χ1) is 30.7. The number of ether oxygens (including phenoxy) is 2. The number of carboxylic acid groups (broad SMARTS) is 1. The number of hydrogen-bond donors (Lipinski definition) is 7. The summed E-state index contributed by atoms with van der Waals surface area (Å²) in [4.78, 5) is 66.6. The molecular weight excluding hydrogens is 845 g/mol. The van der Waals surface area contributed by atoms with Gasteiger partial charge in [0.2, 0.25) is 0 Å². The number of aromatic nitrogens is 4. The second-order valence-corrected chi connectivity index (χ2v) is 15.5. The molecule has 328 valence electrons. The molecule has 2 aromatic carbocycles. The van der Waals surface area contributed by atoms with Crippen molar-refractivity contribution in [1.82, 2.24) is 25.3 Å². The van der Waals surface area contributed by atoms with Crippen LogP contribution in [0.4, 0.5) is 23.0 Å². The lowest BCUT2D eigenvalue weighted by molar-refractivity contribution is 0.0696. The maximum Gasteiger partial charge on any atom is 0.335 e. The predicted molar refractivity (Wildman–Crippen MR) is 246 cm³/mol. The number of benzene rings is 2. The van der Waals surface area contributed by atoms with E-state index in [9.17, 15) is 24.3 Å². The number of pyridine rings is 2. The van der Waals surface area contributed by atoms with E-state index in [1.54, 1.807) is 54.5 Å². The monoisotopic (exact) mass is 892 g/mol. The van der Waals surface area contributed by atoms with Gasteiger partial charge >= 0.3 is 5.97 Å². The van der Waals surface area contributed by atoms with E-state index in [4.69, 9.17) is 9.47 Å². The number of carbonyl (C=O) groups is 4. The minimum absolute atomic E-state index is 0.0675. The number of carboxylic acids is 1. The largest absolute Gasteiger partial charge is 0.491 e. The number of aromatic carboxylic acids is 1. The molecule has 0 saturated heterocycles. The summed E-state index contributed by atoms with van der Waals surface area (Å²) in [5.41, 5.74) is 8.08. The highest BCUT2D eigenvalue weighted by atomic mass is 32.1. The van der Waals surface area contributed by atoms with Gasteiger partial charge in [0.05, 0.1) is 30.2 Å². The van der Waals surface area contributed by atoms with Crippen LogP contribution in [0, 0.1) is 0 Å². The zero-order chi connectivity index (χ0) is 44.6. The van der Waals surface area contributed by atoms with E-state index in [0.717, 1.165) is 79.4 Å². The summed E-state index contributed by atoms with van der Waals surface area (Å²) in [6, 6.07) is 17.0. The number of fused-ring (bicyclic) bond motifs is 12. The zero-order valence-electron chi connectivity index (χ0n) is 34.7. The van der Waals surface area contributed by atoms with E-state index < -0.39 is 11.9 Å². The Morgan fingerprint density at radius 1 is 0.667 bits per heavy atom. The van der Waals surface area contributed by atoms with Crippen molar-refractivity contribution in [3.63, 3.8) is 0 Å². The van der Waals surface area contributed by atoms with Crippen molar-refractivity contribution in [2.24, 2.45) is 5.73 Å². The smallest absolute Gasteiger partial charge is 0.335 e. The molecule has 0 aliphatic carbocycles. The molecule has 19 heteroatoms. The van der Waals surface area contributed by atoms with Crippen molar-refractivity contribution in [3.8, 4) is 32.6 Å². The molecule has 0 spiro atoms. The van der Waals surface area contributed by atoms with Crippen molar-refractivity contribution in [3.05, 3.63) is 106 Å². The van der Waals surface area contributed by atoms with Gasteiger partial charge < -0.3 is 46.9 Å². The van der Waals surface area contributed by atoms with Crippen LogP contribution in [0.3, 0.4) is 0 Å². The molecule has 2 aliphatic heterocycles. The second kappa shape index (κ2) is 22.8. The van der Waals surface area contributed by atoms with Gasteiger partial charge in [0.1, 0.15) is 44.5 Å². The van der Waals surface area contributed by atoms with Gasteiger partial charge in [0.15, 0.2) is 0 Å². The van der Waals surface area contributed by atoms with Gasteiger partial charge in [-0.05, 0) is 106 Å². The number of nitrogens with zero attached hydrogens (tertiary/aromatic N) is 4. The number of nitrogens with two attached hydrogens (primary N) is 1. The number of hydrogen-bond acceptors (Lipinski definition) is 15. The van der Waals surface area contributed by atoms with Gasteiger partial charge in [-0.1, -0.05) is 0 Å². The fraction of sp³-hybridized carbons (Fsp3) is 0.273. The van der Waals surface area contributed by atoms with E-state index in [2.05, 4.69) is 52.3 Å². The highest BCUT2D eigenvalue weighted by molar-refractivity contribution is 7.13. The number of amides is 3. The first kappa shape index (κ1) is 45.6. The topological polar surface area (TPSA) is 245 Å². The standard InChI is InChI=1S/C22H23N5O3S.C21H20N4O4S.CH5N/c1-23-20(28)14-5-6-18-16(11-14)26-21(29)17-13-31-22(27-17)15-7-9-25-19(12-15)24-8-3-2-4-10-30-18;26-19-16-12-30-20(25-16)13-6-8-23-18(11-13)22-7-2-1-3-9-29-17-5-4-14(21(27)28)10-15(17)24-19;1-2/h5-7,9,11-13H,2-4,8,10H2,1H3,(H,23,28)(H,24,25)(H,26,29);4-6,8,10-12H,1-3,7,9H2,(H,22,23)(H,24,26)(H,27,28);2H2,1H3. The van der Waals surface area contributed by atoms with Crippen LogP contribution < -0.4 is 41.8 Å². The number of rotatable bonds is 2. The molecule has 6 aromatic rings. The fourth-order valence-electron chi connectivity index (χ4n) is 6.24. The molecule has 0 atom stereocenters. The first-order valence-corrected chi connectivity index (χ1v) is 22.0. The number of nitrogens with one attached hydrogen (secondary N) is 5. The number of thiazole rings is 2. The first-order valence-electron chi connectivity index (χ1n) is 20.2. The molecule has 17 nitrogen and oxygen atoms in total. The predicted octanol–water partition coefficient (Wildman–Crippen LogP) is 7.50. The fourth-order valence-corrected chi connectivity index (χ4v) is 7.84. The summed E-state index contributed by atoms with van der Waals surface area (Å²) in [5.74, 6) is 0.401. The molecule has 2 aliphatic rings. The average molecular weight is 893 g/mol. The number of carbonyl (C=O) groups excluding carboxylic acids is 3. The third-order valence-electron chi connectivity index (χ3n) is 9.45. The van der Waals surface area contributed by atoms with Crippen molar-refractivity contribution < 1.29 is 33.8 Å². The molecule has 0 radical (unpaired) electrons. The van der Waals surface area contributed by atoms with Crippen LogP contribution >= 0.6 is 22.7 Å². The molecular formula is C44H48N10O7S2. The molecule has 6 heterocycles. The third kappa shape index (κ3) is 12.6. The van der Waals surface area contributed by atoms with Crippen LogP contribution in [0.5, 0.6) is 11.5 Å². The Bertz CT molecular complexity index is 2530. The summed E-state index contributed by atoms with van der Waals surface area (Å²) in [6.07, 6.45) is 9.03. The Morgan fingerprint density at radius 3 is 1.62 bits per heavy atom. The van der Waals surface area contributed by atoms with Gasteiger partial charge in [0, 0.05) is 60.0 Å². The quantitative estimate of drug-likeness (QED) is 0.0891. The van der Waals surface area contributed by atoms with E-state index in [1.165, 1.54) is 41.9 Å². The van der Waals surface area contributed by atoms with Crippen molar-refractivity contribution in [1.29, 1.82) is 0 Å². The molecule has 63 heavy (non-hydrogen) atoms. The van der Waals surface area contributed by atoms with E-state index >= 15 is 0 Å². The summed E-state index contributed by atoms with van der Waals surface area (Å²) in [7, 11) is 3.06. The Morgan fingerprint density at radius 2 is 1.14 bits per heavy atom. The molecule has 8 N–H and O–H groups in total. The Kier molecular flexibility index (Phi) is 16.5. The SMILES string of the molecule is CN.CNC(=O)c1ccc2c(c1)NC(=O)c1csc(n1)-c1ccnc(c1)NCCCCCO2.O=C(O)c1ccc2c(c1)NC(=O)c1csc(n1)-c1ccnc(c1)NCCCCCO2. The lowest BCUT2D eigenvalue weighted by atomic mass is 10.1. The van der Waals surface area contributed by atoms with E-state index in [0.29, 0.717) is 52.4 Å². The number of anilines is 4. The molecule has 3 amide bonds. The maximum absolute atomic E-state index is 12.9. The van der Waals surface area contributed by atoms with Crippen LogP contribution in [0.15, 0.2) is 83.8 Å². The average Bonchev–Trinajstić information content (AvgIpc) is 4.02. The van der Waals surface area contributed by atoms with Crippen molar-refractivity contribution in [2.45, 2.75) is 38.5 Å². The van der Waals surface area contributed by atoms with Gasteiger partial charge in [0.25, 0.3) is 17.7 Å². The van der Waals surface area contributed by atoms with Crippen LogP contribution in [-0.2, 0) is 0 Å². The minimum atomic E-state index is -1.08. The van der Waals surface area contributed by atoms with Gasteiger partial charge in [-0.2, -0.15) is 0 Å². The molecule has 4 aromatic heterocycles. The Hall–Kier alpha value is -6.96. The lowest BCUT2D eigenvalue weighted by Crippen LogP contribution is -2.19. The van der Waals surface area contributed by atoms with Crippen molar-refractivity contribution in [2.75, 3.05) is 61.7 Å².